The van der Waals surface area contributed by atoms with Gasteiger partial charge in [0.15, 0.2) is 0 Å². The van der Waals surface area contributed by atoms with Gasteiger partial charge < -0.3 is 13.7 Å². The molecular weight excluding hydrogens is 352 g/mol. The predicted molar refractivity (Wildman–Crippen MR) is 98.3 cm³/mol. The highest BCUT2D eigenvalue weighted by molar-refractivity contribution is 6.30. The van der Waals surface area contributed by atoms with E-state index in [-0.39, 0.29) is 5.82 Å². The number of benzene rings is 1. The molecule has 0 spiro atoms. The molecule has 0 aliphatic heterocycles. The van der Waals surface area contributed by atoms with Crippen LogP contribution in [0, 0.1) is 0 Å². The van der Waals surface area contributed by atoms with Gasteiger partial charge in [0.25, 0.3) is 0 Å². The van der Waals surface area contributed by atoms with Crippen LogP contribution in [0.25, 0.3) is 16.9 Å². The van der Waals surface area contributed by atoms with E-state index in [1.807, 2.05) is 53.1 Å². The number of rotatable bonds is 4. The lowest BCUT2D eigenvalue weighted by molar-refractivity contribution is 0.0582. The van der Waals surface area contributed by atoms with E-state index in [1.165, 1.54) is 7.11 Å². The first-order valence-electron chi connectivity index (χ1n) is 7.98. The molecule has 0 aliphatic carbocycles. The Balaban J connectivity index is 1.86. The third-order valence-corrected chi connectivity index (χ3v) is 4.40. The first-order valence-corrected chi connectivity index (χ1v) is 8.36. The van der Waals surface area contributed by atoms with E-state index < -0.39 is 5.97 Å². The molecule has 0 saturated carbocycles. The third kappa shape index (κ3) is 2.84. The quantitative estimate of drug-likeness (QED) is 0.517. The fourth-order valence-corrected chi connectivity index (χ4v) is 3.04. The molecule has 0 unspecified atom stereocenters. The molecule has 26 heavy (non-hydrogen) atoms. The minimum Gasteiger partial charge on any atom is -0.463 e. The van der Waals surface area contributed by atoms with Crippen LogP contribution in [-0.2, 0) is 11.3 Å². The molecule has 0 aliphatic rings. The van der Waals surface area contributed by atoms with Gasteiger partial charge in [0.2, 0.25) is 5.82 Å². The number of methoxy groups -OCH3 is 1. The van der Waals surface area contributed by atoms with Crippen LogP contribution in [0.1, 0.15) is 16.3 Å². The Labute approximate surface area is 154 Å². The molecule has 4 aromatic rings. The van der Waals surface area contributed by atoms with E-state index in [2.05, 4.69) is 4.98 Å². The predicted octanol–water partition coefficient (Wildman–Crippen LogP) is 3.69. The summed E-state index contributed by atoms with van der Waals surface area (Å²) in [5, 5.41) is 0.668. The Hall–Kier alpha value is -3.12. The number of pyridine rings is 1. The van der Waals surface area contributed by atoms with Crippen molar-refractivity contribution in [1.82, 2.24) is 18.9 Å². The van der Waals surface area contributed by atoms with Gasteiger partial charge in [0.05, 0.1) is 25.0 Å². The Morgan fingerprint density at radius 3 is 2.73 bits per heavy atom. The van der Waals surface area contributed by atoms with Crippen LogP contribution in [0.2, 0.25) is 5.02 Å². The molecule has 0 radical (unpaired) electrons. The van der Waals surface area contributed by atoms with Crippen molar-refractivity contribution < 1.29 is 9.53 Å². The van der Waals surface area contributed by atoms with Gasteiger partial charge in [-0.1, -0.05) is 29.8 Å². The fraction of sp³-hybridized carbons (Fsp3) is 0.105. The minimum absolute atomic E-state index is 0.250. The second-order valence-corrected chi connectivity index (χ2v) is 6.15. The lowest BCUT2D eigenvalue weighted by Gasteiger charge is -2.09. The molecule has 3 aromatic heterocycles. The van der Waals surface area contributed by atoms with E-state index in [1.54, 1.807) is 17.0 Å². The molecule has 1 aromatic carbocycles. The van der Waals surface area contributed by atoms with Crippen molar-refractivity contribution in [2.75, 3.05) is 7.11 Å². The fourth-order valence-electron chi connectivity index (χ4n) is 2.92. The summed E-state index contributed by atoms with van der Waals surface area (Å²) in [6, 6.07) is 13.4. The molecule has 7 heteroatoms. The van der Waals surface area contributed by atoms with Crippen molar-refractivity contribution in [3.8, 4) is 11.3 Å². The molecule has 0 saturated heterocycles. The highest BCUT2D eigenvalue weighted by Gasteiger charge is 2.18. The van der Waals surface area contributed by atoms with Gasteiger partial charge in [-0.25, -0.2) is 14.8 Å². The Bertz CT molecular complexity index is 1080. The lowest BCUT2D eigenvalue weighted by Crippen LogP contribution is -2.13. The van der Waals surface area contributed by atoms with Gasteiger partial charge in [-0.15, -0.1) is 0 Å². The summed E-state index contributed by atoms with van der Waals surface area (Å²) in [5.41, 5.74) is 3.54. The van der Waals surface area contributed by atoms with Crippen LogP contribution in [0.4, 0.5) is 0 Å². The van der Waals surface area contributed by atoms with Gasteiger partial charge in [0, 0.05) is 29.2 Å². The van der Waals surface area contributed by atoms with Gasteiger partial charge in [-0.05, 0) is 24.3 Å². The van der Waals surface area contributed by atoms with Crippen molar-refractivity contribution in [2.45, 2.75) is 6.54 Å². The zero-order valence-electron chi connectivity index (χ0n) is 14.0. The number of halogens is 1. The molecule has 130 valence electrons. The number of carbonyl (C=O) groups is 1. The second-order valence-electron chi connectivity index (χ2n) is 5.71. The maximum absolute atomic E-state index is 11.9. The number of aromatic nitrogens is 4. The normalized spacial score (nSPS) is 11.0. The molecule has 0 fully saturated rings. The van der Waals surface area contributed by atoms with Crippen molar-refractivity contribution in [3.05, 3.63) is 77.6 Å². The number of hydrogen-bond donors (Lipinski definition) is 0. The van der Waals surface area contributed by atoms with Crippen LogP contribution >= 0.6 is 11.6 Å². The standard InChI is InChI=1S/C19H15ClN4O2/c1-26-19(25)18-21-9-11-23(18)12-15-17(13-5-7-14(20)8-6-13)22-16-4-2-3-10-24(15)16/h2-11H,12H2,1H3. The van der Waals surface area contributed by atoms with Gasteiger partial charge in [0.1, 0.15) is 5.65 Å². The maximum Gasteiger partial charge on any atom is 0.374 e. The van der Waals surface area contributed by atoms with Crippen LogP contribution in [0.3, 0.4) is 0 Å². The van der Waals surface area contributed by atoms with Crippen molar-refractivity contribution in [2.24, 2.45) is 0 Å². The van der Waals surface area contributed by atoms with Crippen molar-refractivity contribution in [1.29, 1.82) is 0 Å². The molecule has 0 atom stereocenters. The summed E-state index contributed by atoms with van der Waals surface area (Å²) in [7, 11) is 1.34. The molecule has 0 bridgehead atoms. The highest BCUT2D eigenvalue weighted by Crippen LogP contribution is 2.26. The second kappa shape index (κ2) is 6.65. The van der Waals surface area contributed by atoms with E-state index in [0.717, 1.165) is 22.6 Å². The lowest BCUT2D eigenvalue weighted by atomic mass is 10.1. The molecule has 0 N–H and O–H groups in total. The molecule has 4 rings (SSSR count). The number of fused-ring (bicyclic) bond motifs is 1. The Morgan fingerprint density at radius 1 is 1.15 bits per heavy atom. The van der Waals surface area contributed by atoms with E-state index in [9.17, 15) is 4.79 Å². The SMILES string of the molecule is COC(=O)c1nccn1Cc1c(-c2ccc(Cl)cc2)nc2ccccn12. The van der Waals surface area contributed by atoms with E-state index >= 15 is 0 Å². The number of ether oxygens (including phenoxy) is 1. The average Bonchev–Trinajstić information content (AvgIpc) is 3.27. The first kappa shape index (κ1) is 16.4. The molecule has 0 amide bonds. The van der Waals surface area contributed by atoms with Crippen molar-refractivity contribution in [3.63, 3.8) is 0 Å². The van der Waals surface area contributed by atoms with Gasteiger partial charge in [-0.2, -0.15) is 0 Å². The van der Waals surface area contributed by atoms with Gasteiger partial charge in [-0.3, -0.25) is 0 Å². The van der Waals surface area contributed by atoms with E-state index in [0.29, 0.717) is 11.6 Å². The monoisotopic (exact) mass is 366 g/mol. The summed E-state index contributed by atoms with van der Waals surface area (Å²) in [5.74, 6) is -0.225. The van der Waals surface area contributed by atoms with Crippen LogP contribution in [-0.4, -0.2) is 32.0 Å². The van der Waals surface area contributed by atoms with Crippen LogP contribution < -0.4 is 0 Å². The summed E-state index contributed by atoms with van der Waals surface area (Å²) in [4.78, 5) is 20.8. The largest absolute Gasteiger partial charge is 0.463 e. The Morgan fingerprint density at radius 2 is 1.96 bits per heavy atom. The zero-order valence-corrected chi connectivity index (χ0v) is 14.7. The topological polar surface area (TPSA) is 61.4 Å². The maximum atomic E-state index is 11.9. The zero-order chi connectivity index (χ0) is 18.1. The molecular formula is C19H15ClN4O2. The summed E-state index contributed by atoms with van der Waals surface area (Å²) < 4.78 is 8.57. The number of carbonyl (C=O) groups excluding carboxylic acids is 1. The summed E-state index contributed by atoms with van der Waals surface area (Å²) >= 11 is 6.01. The minimum atomic E-state index is -0.475. The van der Waals surface area contributed by atoms with Crippen LogP contribution in [0.15, 0.2) is 61.1 Å². The summed E-state index contributed by atoms with van der Waals surface area (Å²) in [6.45, 7) is 0.424. The summed E-state index contributed by atoms with van der Waals surface area (Å²) in [6.07, 6.45) is 5.28. The molecule has 6 nitrogen and oxygen atoms in total. The first-order chi connectivity index (χ1) is 12.7. The Kier molecular flexibility index (Phi) is 4.18. The number of nitrogens with zero attached hydrogens (tertiary/aromatic N) is 4. The number of imidazole rings is 2. The highest BCUT2D eigenvalue weighted by atomic mass is 35.5. The van der Waals surface area contributed by atoms with Crippen molar-refractivity contribution >= 4 is 23.2 Å². The number of esters is 1. The van der Waals surface area contributed by atoms with E-state index in [4.69, 9.17) is 21.3 Å². The van der Waals surface area contributed by atoms with Gasteiger partial charge >= 0.3 is 5.97 Å². The average molecular weight is 367 g/mol. The third-order valence-electron chi connectivity index (χ3n) is 4.15. The molecule has 3 heterocycles. The smallest absolute Gasteiger partial charge is 0.374 e. The van der Waals surface area contributed by atoms with Crippen LogP contribution in [0.5, 0.6) is 0 Å². The number of hydrogen-bond acceptors (Lipinski definition) is 4.